The van der Waals surface area contributed by atoms with Crippen molar-refractivity contribution in [3.05, 3.63) is 0 Å². The second-order valence-corrected chi connectivity index (χ2v) is 7.61. The summed E-state index contributed by atoms with van der Waals surface area (Å²) in [6, 6.07) is 0. The molecule has 2 N–H and O–H groups in total. The number of aliphatic hydroxyl groups is 1. The van der Waals surface area contributed by atoms with Gasteiger partial charge in [0.25, 0.3) is 0 Å². The van der Waals surface area contributed by atoms with Crippen molar-refractivity contribution in [1.82, 2.24) is 10.2 Å². The maximum Gasteiger partial charge on any atom is 0.0610 e. The van der Waals surface area contributed by atoms with E-state index in [9.17, 15) is 5.11 Å². The molecule has 1 saturated heterocycles. The lowest BCUT2D eigenvalue weighted by molar-refractivity contribution is 0.126. The Morgan fingerprint density at radius 1 is 1.20 bits per heavy atom. The van der Waals surface area contributed by atoms with Gasteiger partial charge in [-0.2, -0.15) is 0 Å². The molecule has 1 unspecified atom stereocenters. The second-order valence-electron chi connectivity index (χ2n) is 7.61. The van der Waals surface area contributed by atoms with Crippen LogP contribution >= 0.6 is 0 Å². The molecule has 0 aromatic rings. The van der Waals surface area contributed by atoms with Crippen LogP contribution < -0.4 is 5.32 Å². The molecule has 1 aliphatic rings. The van der Waals surface area contributed by atoms with E-state index in [1.807, 2.05) is 0 Å². The summed E-state index contributed by atoms with van der Waals surface area (Å²) in [7, 11) is 0. The van der Waals surface area contributed by atoms with Crippen LogP contribution in [-0.2, 0) is 0 Å². The molecule has 0 aromatic carbocycles. The Balaban J connectivity index is 2.15. The molecular formula is C17H36N2O. The third kappa shape index (κ3) is 6.55. The SMILES string of the molecule is CCCNC(C)(CO)CCCCN1CCC(C)(C)CC1. The van der Waals surface area contributed by atoms with Crippen LogP contribution in [-0.4, -0.2) is 48.3 Å². The predicted octanol–water partition coefficient (Wildman–Crippen LogP) is 3.03. The van der Waals surface area contributed by atoms with Crippen molar-refractivity contribution >= 4 is 0 Å². The predicted molar refractivity (Wildman–Crippen MR) is 87.1 cm³/mol. The smallest absolute Gasteiger partial charge is 0.0610 e. The third-order valence-corrected chi connectivity index (χ3v) is 4.81. The molecule has 1 heterocycles. The first-order valence-corrected chi connectivity index (χ1v) is 8.49. The number of rotatable bonds is 9. The summed E-state index contributed by atoms with van der Waals surface area (Å²) in [6.45, 7) is 14.1. The highest BCUT2D eigenvalue weighted by molar-refractivity contribution is 4.82. The Morgan fingerprint density at radius 2 is 1.85 bits per heavy atom. The molecule has 0 bridgehead atoms. The van der Waals surface area contributed by atoms with Crippen molar-refractivity contribution < 1.29 is 5.11 Å². The van der Waals surface area contributed by atoms with E-state index in [1.165, 1.54) is 45.3 Å². The summed E-state index contributed by atoms with van der Waals surface area (Å²) in [4.78, 5) is 2.61. The average molecular weight is 284 g/mol. The first-order chi connectivity index (χ1) is 9.41. The molecule has 0 aliphatic carbocycles. The van der Waals surface area contributed by atoms with Gasteiger partial charge in [-0.1, -0.05) is 27.2 Å². The van der Waals surface area contributed by atoms with Gasteiger partial charge in [0.15, 0.2) is 0 Å². The van der Waals surface area contributed by atoms with Crippen molar-refractivity contribution in [2.45, 2.75) is 71.8 Å². The van der Waals surface area contributed by atoms with Gasteiger partial charge in [-0.3, -0.25) is 0 Å². The normalized spacial score (nSPS) is 22.6. The number of unbranched alkanes of at least 4 members (excludes halogenated alkanes) is 1. The van der Waals surface area contributed by atoms with E-state index in [4.69, 9.17) is 0 Å². The average Bonchev–Trinajstić information content (AvgIpc) is 2.43. The fraction of sp³-hybridized carbons (Fsp3) is 1.00. The van der Waals surface area contributed by atoms with E-state index in [0.29, 0.717) is 5.41 Å². The molecule has 1 atom stereocenters. The quantitative estimate of drug-likeness (QED) is 0.639. The Hall–Kier alpha value is -0.120. The van der Waals surface area contributed by atoms with Crippen molar-refractivity contribution in [3.8, 4) is 0 Å². The zero-order valence-electron chi connectivity index (χ0n) is 14.2. The van der Waals surface area contributed by atoms with Crippen LogP contribution in [0.3, 0.4) is 0 Å². The van der Waals surface area contributed by atoms with E-state index >= 15 is 0 Å². The second kappa shape index (κ2) is 8.35. The third-order valence-electron chi connectivity index (χ3n) is 4.81. The fourth-order valence-corrected chi connectivity index (χ4v) is 2.88. The van der Waals surface area contributed by atoms with E-state index in [1.54, 1.807) is 0 Å². The highest BCUT2D eigenvalue weighted by Gasteiger charge is 2.25. The molecule has 1 aliphatic heterocycles. The number of piperidine rings is 1. The van der Waals surface area contributed by atoms with E-state index < -0.39 is 0 Å². The Labute approximate surface area is 126 Å². The zero-order valence-corrected chi connectivity index (χ0v) is 14.2. The van der Waals surface area contributed by atoms with Crippen molar-refractivity contribution in [1.29, 1.82) is 0 Å². The van der Waals surface area contributed by atoms with Gasteiger partial charge in [0.2, 0.25) is 0 Å². The van der Waals surface area contributed by atoms with Gasteiger partial charge in [0.05, 0.1) is 6.61 Å². The van der Waals surface area contributed by atoms with E-state index in [0.717, 1.165) is 19.4 Å². The number of likely N-dealkylation sites (tertiary alicyclic amines) is 1. The van der Waals surface area contributed by atoms with Crippen LogP contribution in [0.5, 0.6) is 0 Å². The van der Waals surface area contributed by atoms with Gasteiger partial charge in [-0.15, -0.1) is 0 Å². The number of aliphatic hydroxyl groups excluding tert-OH is 1. The van der Waals surface area contributed by atoms with Gasteiger partial charge in [-0.05, 0) is 70.6 Å². The van der Waals surface area contributed by atoms with Crippen molar-refractivity contribution in [2.75, 3.05) is 32.8 Å². The Bertz CT molecular complexity index is 258. The van der Waals surface area contributed by atoms with Crippen LogP contribution in [0.25, 0.3) is 0 Å². The number of hydrogen-bond acceptors (Lipinski definition) is 3. The Morgan fingerprint density at radius 3 is 2.40 bits per heavy atom. The maximum atomic E-state index is 9.54. The molecule has 120 valence electrons. The minimum atomic E-state index is -0.0834. The molecule has 0 saturated carbocycles. The molecule has 1 fully saturated rings. The topological polar surface area (TPSA) is 35.5 Å². The van der Waals surface area contributed by atoms with Gasteiger partial charge in [0.1, 0.15) is 0 Å². The maximum absolute atomic E-state index is 9.54. The van der Waals surface area contributed by atoms with Crippen molar-refractivity contribution in [3.63, 3.8) is 0 Å². The lowest BCUT2D eigenvalue weighted by Gasteiger charge is -2.37. The highest BCUT2D eigenvalue weighted by Crippen LogP contribution is 2.29. The minimum absolute atomic E-state index is 0.0834. The summed E-state index contributed by atoms with van der Waals surface area (Å²) >= 11 is 0. The summed E-state index contributed by atoms with van der Waals surface area (Å²) < 4.78 is 0. The van der Waals surface area contributed by atoms with Gasteiger partial charge in [-0.25, -0.2) is 0 Å². The molecule has 3 nitrogen and oxygen atoms in total. The monoisotopic (exact) mass is 284 g/mol. The lowest BCUT2D eigenvalue weighted by atomic mass is 9.82. The first kappa shape index (κ1) is 17.9. The Kier molecular flexibility index (Phi) is 7.49. The summed E-state index contributed by atoms with van der Waals surface area (Å²) in [6.07, 6.45) is 7.32. The van der Waals surface area contributed by atoms with E-state index in [-0.39, 0.29) is 12.1 Å². The molecule has 0 radical (unpaired) electrons. The van der Waals surface area contributed by atoms with Gasteiger partial charge in [0, 0.05) is 5.54 Å². The number of nitrogens with one attached hydrogen (secondary N) is 1. The highest BCUT2D eigenvalue weighted by atomic mass is 16.3. The van der Waals surface area contributed by atoms with E-state index in [2.05, 4.69) is 37.9 Å². The summed E-state index contributed by atoms with van der Waals surface area (Å²) in [5.41, 5.74) is 0.468. The largest absolute Gasteiger partial charge is 0.394 e. The van der Waals surface area contributed by atoms with Crippen LogP contribution in [0.15, 0.2) is 0 Å². The minimum Gasteiger partial charge on any atom is -0.394 e. The summed E-state index contributed by atoms with van der Waals surface area (Å²) in [5.74, 6) is 0. The molecule has 20 heavy (non-hydrogen) atoms. The van der Waals surface area contributed by atoms with Crippen LogP contribution in [0, 0.1) is 5.41 Å². The molecular weight excluding hydrogens is 248 g/mol. The zero-order chi connectivity index (χ0) is 15.1. The molecule has 3 heteroatoms. The van der Waals surface area contributed by atoms with Gasteiger partial charge >= 0.3 is 0 Å². The number of nitrogens with zero attached hydrogens (tertiary/aromatic N) is 1. The van der Waals surface area contributed by atoms with Crippen LogP contribution in [0.1, 0.15) is 66.2 Å². The van der Waals surface area contributed by atoms with Crippen LogP contribution in [0.2, 0.25) is 0 Å². The molecule has 0 spiro atoms. The summed E-state index contributed by atoms with van der Waals surface area (Å²) in [5, 5.41) is 13.0. The first-order valence-electron chi connectivity index (χ1n) is 8.49. The molecule has 0 aromatic heterocycles. The van der Waals surface area contributed by atoms with Gasteiger partial charge < -0.3 is 15.3 Å². The number of hydrogen-bond donors (Lipinski definition) is 2. The lowest BCUT2D eigenvalue weighted by Crippen LogP contribution is -2.46. The fourth-order valence-electron chi connectivity index (χ4n) is 2.88. The molecule has 0 amide bonds. The standard InChI is InChI=1S/C17H36N2O/c1-5-11-18-17(4,15-20)8-6-7-12-19-13-9-16(2,3)10-14-19/h18,20H,5-15H2,1-4H3. The van der Waals surface area contributed by atoms with Crippen LogP contribution in [0.4, 0.5) is 0 Å². The molecule has 1 rings (SSSR count). The van der Waals surface area contributed by atoms with Crippen molar-refractivity contribution in [2.24, 2.45) is 5.41 Å².